The van der Waals surface area contributed by atoms with Crippen LogP contribution in [0.5, 0.6) is 0 Å². The second-order valence-corrected chi connectivity index (χ2v) is 4.62. The van der Waals surface area contributed by atoms with E-state index in [0.29, 0.717) is 11.7 Å². The van der Waals surface area contributed by atoms with E-state index in [9.17, 15) is 0 Å². The highest BCUT2D eigenvalue weighted by Gasteiger charge is 2.21. The van der Waals surface area contributed by atoms with Crippen molar-refractivity contribution in [2.75, 3.05) is 11.4 Å². The zero-order valence-electron chi connectivity index (χ0n) is 10.5. The Kier molecular flexibility index (Phi) is 4.31. The summed E-state index contributed by atoms with van der Waals surface area (Å²) in [4.78, 5) is 2.34. The van der Waals surface area contributed by atoms with Crippen LogP contribution in [0.1, 0.15) is 44.7 Å². The molecule has 2 rings (SSSR count). The van der Waals surface area contributed by atoms with E-state index in [4.69, 9.17) is 5.11 Å². The van der Waals surface area contributed by atoms with Gasteiger partial charge < -0.3 is 10.0 Å². The number of nitrogens with zero attached hydrogens (tertiary/aromatic N) is 3. The first-order valence-electron chi connectivity index (χ1n) is 6.55. The second kappa shape index (κ2) is 5.96. The number of rotatable bonds is 4. The fraction of sp³-hybridized carbons (Fsp3) is 0.692. The van der Waals surface area contributed by atoms with E-state index in [1.807, 2.05) is 12.1 Å². The Labute approximate surface area is 103 Å². The van der Waals surface area contributed by atoms with Gasteiger partial charge in [-0.3, -0.25) is 0 Å². The second-order valence-electron chi connectivity index (χ2n) is 4.62. The minimum Gasteiger partial charge on any atom is -0.390 e. The monoisotopic (exact) mass is 235 g/mol. The molecule has 94 valence electrons. The van der Waals surface area contributed by atoms with Crippen LogP contribution >= 0.6 is 0 Å². The number of hydrogen-bond donors (Lipinski definition) is 1. The van der Waals surface area contributed by atoms with Crippen LogP contribution < -0.4 is 4.90 Å². The average molecular weight is 235 g/mol. The van der Waals surface area contributed by atoms with E-state index >= 15 is 0 Å². The molecule has 0 aliphatic heterocycles. The van der Waals surface area contributed by atoms with Crippen molar-refractivity contribution in [3.63, 3.8) is 0 Å². The summed E-state index contributed by atoms with van der Waals surface area (Å²) in [6.07, 6.45) is 6.53. The van der Waals surface area contributed by atoms with Crippen molar-refractivity contribution < 1.29 is 5.11 Å². The number of hydrogen-bond acceptors (Lipinski definition) is 4. The zero-order chi connectivity index (χ0) is 12.1. The molecule has 0 unspecified atom stereocenters. The molecule has 0 spiro atoms. The molecule has 1 aliphatic carbocycles. The molecule has 0 aromatic carbocycles. The lowest BCUT2D eigenvalue weighted by Gasteiger charge is -2.34. The molecule has 1 N–H and O–H groups in total. The maximum atomic E-state index is 8.96. The van der Waals surface area contributed by atoms with E-state index in [1.165, 1.54) is 32.1 Å². The summed E-state index contributed by atoms with van der Waals surface area (Å²) in [7, 11) is 0. The lowest BCUT2D eigenvalue weighted by atomic mass is 9.94. The van der Waals surface area contributed by atoms with Crippen LogP contribution in [0.3, 0.4) is 0 Å². The summed E-state index contributed by atoms with van der Waals surface area (Å²) >= 11 is 0. The summed E-state index contributed by atoms with van der Waals surface area (Å²) in [6, 6.07) is 4.44. The van der Waals surface area contributed by atoms with Gasteiger partial charge in [0.25, 0.3) is 0 Å². The number of aliphatic hydroxyl groups excluding tert-OH is 1. The maximum absolute atomic E-state index is 8.96. The molecule has 1 aromatic heterocycles. The molecular formula is C13H21N3O. The van der Waals surface area contributed by atoms with E-state index < -0.39 is 0 Å². The van der Waals surface area contributed by atoms with Crippen LogP contribution in [0.15, 0.2) is 12.1 Å². The van der Waals surface area contributed by atoms with Crippen LogP contribution in [0, 0.1) is 0 Å². The van der Waals surface area contributed by atoms with Crippen molar-refractivity contribution in [1.29, 1.82) is 0 Å². The van der Waals surface area contributed by atoms with Gasteiger partial charge in [-0.05, 0) is 31.9 Å². The van der Waals surface area contributed by atoms with Gasteiger partial charge in [0.15, 0.2) is 5.82 Å². The quantitative estimate of drug-likeness (QED) is 0.868. The van der Waals surface area contributed by atoms with Gasteiger partial charge in [0, 0.05) is 12.6 Å². The molecule has 17 heavy (non-hydrogen) atoms. The fourth-order valence-electron chi connectivity index (χ4n) is 2.59. The molecule has 0 atom stereocenters. The summed E-state index contributed by atoms with van der Waals surface area (Å²) in [5.74, 6) is 0.941. The highest BCUT2D eigenvalue weighted by atomic mass is 16.3. The van der Waals surface area contributed by atoms with Gasteiger partial charge in [-0.1, -0.05) is 19.3 Å². The third-order valence-electron chi connectivity index (χ3n) is 3.52. The first-order valence-corrected chi connectivity index (χ1v) is 6.55. The molecule has 0 saturated heterocycles. The summed E-state index contributed by atoms with van der Waals surface area (Å²) in [5.41, 5.74) is 0.633. The van der Waals surface area contributed by atoms with Gasteiger partial charge in [0.2, 0.25) is 0 Å². The Balaban J connectivity index is 2.10. The minimum atomic E-state index is -0.0389. The molecule has 1 aliphatic rings. The Morgan fingerprint density at radius 3 is 2.53 bits per heavy atom. The molecule has 0 radical (unpaired) electrons. The Bertz CT molecular complexity index is 333. The topological polar surface area (TPSA) is 49.2 Å². The smallest absolute Gasteiger partial charge is 0.151 e. The highest BCUT2D eigenvalue weighted by Crippen LogP contribution is 2.25. The maximum Gasteiger partial charge on any atom is 0.151 e. The third kappa shape index (κ3) is 2.94. The van der Waals surface area contributed by atoms with Gasteiger partial charge in [-0.25, -0.2) is 0 Å². The van der Waals surface area contributed by atoms with Crippen LogP contribution in [0.4, 0.5) is 5.82 Å². The van der Waals surface area contributed by atoms with Crippen molar-refractivity contribution in [2.45, 2.75) is 51.7 Å². The Morgan fingerprint density at radius 2 is 2.00 bits per heavy atom. The number of aromatic nitrogens is 2. The summed E-state index contributed by atoms with van der Waals surface area (Å²) in [6.45, 7) is 3.09. The van der Waals surface area contributed by atoms with E-state index in [1.54, 1.807) is 0 Å². The SMILES string of the molecule is CCN(c1ccc(CO)nn1)C1CCCCC1. The van der Waals surface area contributed by atoms with Gasteiger partial charge in [-0.15, -0.1) is 5.10 Å². The summed E-state index contributed by atoms with van der Waals surface area (Å²) in [5, 5.41) is 17.2. The van der Waals surface area contributed by atoms with E-state index in [2.05, 4.69) is 22.0 Å². The van der Waals surface area contributed by atoms with Crippen molar-refractivity contribution >= 4 is 5.82 Å². The van der Waals surface area contributed by atoms with Crippen molar-refractivity contribution in [2.24, 2.45) is 0 Å². The van der Waals surface area contributed by atoms with Crippen LogP contribution in [0.25, 0.3) is 0 Å². The number of anilines is 1. The first-order chi connectivity index (χ1) is 8.35. The molecule has 1 heterocycles. The van der Waals surface area contributed by atoms with E-state index in [0.717, 1.165) is 12.4 Å². The van der Waals surface area contributed by atoms with Crippen molar-refractivity contribution in [3.8, 4) is 0 Å². The predicted octanol–water partition coefficient (Wildman–Crippen LogP) is 2.13. The Hall–Kier alpha value is -1.16. The first kappa shape index (κ1) is 12.3. The minimum absolute atomic E-state index is 0.0389. The molecule has 1 fully saturated rings. The van der Waals surface area contributed by atoms with Gasteiger partial charge >= 0.3 is 0 Å². The van der Waals surface area contributed by atoms with E-state index in [-0.39, 0.29) is 6.61 Å². The van der Waals surface area contributed by atoms with Crippen molar-refractivity contribution in [3.05, 3.63) is 17.8 Å². The fourth-order valence-corrected chi connectivity index (χ4v) is 2.59. The highest BCUT2D eigenvalue weighted by molar-refractivity contribution is 5.38. The zero-order valence-corrected chi connectivity index (χ0v) is 10.5. The van der Waals surface area contributed by atoms with Gasteiger partial charge in [-0.2, -0.15) is 5.10 Å². The van der Waals surface area contributed by atoms with Gasteiger partial charge in [0.1, 0.15) is 0 Å². The van der Waals surface area contributed by atoms with Crippen LogP contribution in [-0.4, -0.2) is 27.9 Å². The molecule has 0 bridgehead atoms. The van der Waals surface area contributed by atoms with Crippen molar-refractivity contribution in [1.82, 2.24) is 10.2 Å². The molecule has 4 nitrogen and oxygen atoms in total. The molecule has 1 saturated carbocycles. The van der Waals surface area contributed by atoms with Crippen LogP contribution in [-0.2, 0) is 6.61 Å². The third-order valence-corrected chi connectivity index (χ3v) is 3.52. The largest absolute Gasteiger partial charge is 0.390 e. The molecule has 0 amide bonds. The molecule has 1 aromatic rings. The number of aliphatic hydroxyl groups is 1. The lowest BCUT2D eigenvalue weighted by Crippen LogP contribution is -2.37. The average Bonchev–Trinajstić information content (AvgIpc) is 2.42. The summed E-state index contributed by atoms with van der Waals surface area (Å²) < 4.78 is 0. The standard InChI is InChI=1S/C13H21N3O/c1-2-16(12-6-4-3-5-7-12)13-9-8-11(10-17)14-15-13/h8-9,12,17H,2-7,10H2,1H3. The Morgan fingerprint density at radius 1 is 1.24 bits per heavy atom. The molecular weight excluding hydrogens is 214 g/mol. The van der Waals surface area contributed by atoms with Crippen LogP contribution in [0.2, 0.25) is 0 Å². The normalized spacial score (nSPS) is 17.1. The molecule has 4 heteroatoms. The lowest BCUT2D eigenvalue weighted by molar-refractivity contribution is 0.275. The van der Waals surface area contributed by atoms with Gasteiger partial charge in [0.05, 0.1) is 12.3 Å². The predicted molar refractivity (Wildman–Crippen MR) is 67.8 cm³/mol.